The highest BCUT2D eigenvalue weighted by Gasteiger charge is 2.14. The van der Waals surface area contributed by atoms with Crippen LogP contribution in [0.15, 0.2) is 18.2 Å². The summed E-state index contributed by atoms with van der Waals surface area (Å²) in [5.41, 5.74) is 8.83. The van der Waals surface area contributed by atoms with Crippen molar-refractivity contribution in [2.24, 2.45) is 11.7 Å². The van der Waals surface area contributed by atoms with Crippen LogP contribution < -0.4 is 5.73 Å². The fourth-order valence-corrected chi connectivity index (χ4v) is 1.42. The van der Waals surface area contributed by atoms with Gasteiger partial charge in [0, 0.05) is 6.04 Å². The van der Waals surface area contributed by atoms with E-state index in [4.69, 9.17) is 11.0 Å². The smallest absolute Gasteiger partial charge is 0.0995 e. The predicted molar refractivity (Wildman–Crippen MR) is 57.7 cm³/mol. The lowest BCUT2D eigenvalue weighted by Crippen LogP contribution is -2.18. The molecule has 0 spiro atoms. The summed E-state index contributed by atoms with van der Waals surface area (Å²) >= 11 is 0. The van der Waals surface area contributed by atoms with Gasteiger partial charge in [-0.25, -0.2) is 0 Å². The van der Waals surface area contributed by atoms with Gasteiger partial charge in [-0.2, -0.15) is 5.26 Å². The molecule has 2 heteroatoms. The lowest BCUT2D eigenvalue weighted by Gasteiger charge is -2.17. The summed E-state index contributed by atoms with van der Waals surface area (Å²) in [6.07, 6.45) is 0. The van der Waals surface area contributed by atoms with E-state index in [1.165, 1.54) is 0 Å². The quantitative estimate of drug-likeness (QED) is 0.775. The van der Waals surface area contributed by atoms with Gasteiger partial charge in [0.05, 0.1) is 11.6 Å². The molecule has 1 atom stereocenters. The molecule has 0 aromatic heterocycles. The van der Waals surface area contributed by atoms with E-state index in [-0.39, 0.29) is 6.04 Å². The summed E-state index contributed by atoms with van der Waals surface area (Å²) in [5.74, 6) is 0.351. The van der Waals surface area contributed by atoms with E-state index in [9.17, 15) is 0 Å². The summed E-state index contributed by atoms with van der Waals surface area (Å²) in [6.45, 7) is 6.14. The lowest BCUT2D eigenvalue weighted by atomic mass is 9.92. The second kappa shape index (κ2) is 4.26. The Kier molecular flexibility index (Phi) is 3.27. The second-order valence-electron chi connectivity index (χ2n) is 3.97. The van der Waals surface area contributed by atoms with Crippen molar-refractivity contribution in [1.82, 2.24) is 0 Å². The van der Waals surface area contributed by atoms with E-state index in [1.54, 1.807) is 0 Å². The average molecular weight is 188 g/mol. The van der Waals surface area contributed by atoms with Crippen molar-refractivity contribution in [2.75, 3.05) is 0 Å². The molecule has 0 fully saturated rings. The first-order chi connectivity index (χ1) is 6.56. The highest BCUT2D eigenvalue weighted by molar-refractivity contribution is 5.41. The topological polar surface area (TPSA) is 49.8 Å². The van der Waals surface area contributed by atoms with Crippen molar-refractivity contribution >= 4 is 0 Å². The van der Waals surface area contributed by atoms with E-state index >= 15 is 0 Å². The molecule has 0 saturated carbocycles. The molecular weight excluding hydrogens is 172 g/mol. The summed E-state index contributed by atoms with van der Waals surface area (Å²) < 4.78 is 0. The SMILES string of the molecule is Cc1ccc(C#N)c([C@@H](N)C(C)C)c1. The first kappa shape index (κ1) is 10.7. The highest BCUT2D eigenvalue weighted by atomic mass is 14.6. The zero-order valence-corrected chi connectivity index (χ0v) is 8.91. The molecule has 14 heavy (non-hydrogen) atoms. The summed E-state index contributed by atoms with van der Waals surface area (Å²) in [7, 11) is 0. The van der Waals surface area contributed by atoms with Crippen LogP contribution in [-0.4, -0.2) is 0 Å². The molecule has 0 bridgehead atoms. The third-order valence-corrected chi connectivity index (χ3v) is 2.40. The molecule has 0 amide bonds. The van der Waals surface area contributed by atoms with E-state index in [2.05, 4.69) is 19.9 Å². The average Bonchev–Trinajstić information content (AvgIpc) is 2.16. The number of benzene rings is 1. The molecule has 2 N–H and O–H groups in total. The Morgan fingerprint density at radius 1 is 1.36 bits per heavy atom. The molecule has 0 aliphatic rings. The van der Waals surface area contributed by atoms with Crippen LogP contribution in [0.4, 0.5) is 0 Å². The molecule has 0 aliphatic carbocycles. The van der Waals surface area contributed by atoms with E-state index in [0.29, 0.717) is 11.5 Å². The Morgan fingerprint density at radius 2 is 2.00 bits per heavy atom. The maximum atomic E-state index is 8.93. The molecule has 0 unspecified atom stereocenters. The van der Waals surface area contributed by atoms with Gasteiger partial charge in [-0.3, -0.25) is 0 Å². The van der Waals surface area contributed by atoms with Crippen LogP contribution in [0.5, 0.6) is 0 Å². The van der Waals surface area contributed by atoms with Gasteiger partial charge in [-0.05, 0) is 24.5 Å². The van der Waals surface area contributed by atoms with Gasteiger partial charge in [0.2, 0.25) is 0 Å². The maximum absolute atomic E-state index is 8.93. The molecular formula is C12H16N2. The minimum absolute atomic E-state index is 0.0513. The van der Waals surface area contributed by atoms with Crippen LogP contribution >= 0.6 is 0 Å². The number of nitrogens with two attached hydrogens (primary N) is 1. The molecule has 1 rings (SSSR count). The number of nitriles is 1. The third kappa shape index (κ3) is 2.12. The van der Waals surface area contributed by atoms with Crippen molar-refractivity contribution in [3.63, 3.8) is 0 Å². The molecule has 1 aromatic carbocycles. The zero-order chi connectivity index (χ0) is 10.7. The molecule has 2 nitrogen and oxygen atoms in total. The fourth-order valence-electron chi connectivity index (χ4n) is 1.42. The van der Waals surface area contributed by atoms with Crippen LogP contribution in [0.1, 0.15) is 36.6 Å². The minimum atomic E-state index is -0.0513. The van der Waals surface area contributed by atoms with Crippen LogP contribution in [0.2, 0.25) is 0 Å². The Balaban J connectivity index is 3.18. The number of nitrogens with zero attached hydrogens (tertiary/aromatic N) is 1. The monoisotopic (exact) mass is 188 g/mol. The highest BCUT2D eigenvalue weighted by Crippen LogP contribution is 2.23. The number of hydrogen-bond acceptors (Lipinski definition) is 2. The van der Waals surface area contributed by atoms with E-state index in [0.717, 1.165) is 11.1 Å². The summed E-state index contributed by atoms with van der Waals surface area (Å²) in [4.78, 5) is 0. The van der Waals surface area contributed by atoms with Crippen molar-refractivity contribution in [2.45, 2.75) is 26.8 Å². The van der Waals surface area contributed by atoms with E-state index in [1.807, 2.05) is 25.1 Å². The van der Waals surface area contributed by atoms with Gasteiger partial charge < -0.3 is 5.73 Å². The number of aryl methyl sites for hydroxylation is 1. The molecule has 0 aliphatic heterocycles. The van der Waals surface area contributed by atoms with Gasteiger partial charge in [-0.1, -0.05) is 31.5 Å². The van der Waals surface area contributed by atoms with E-state index < -0.39 is 0 Å². The Morgan fingerprint density at radius 3 is 2.50 bits per heavy atom. The van der Waals surface area contributed by atoms with Crippen molar-refractivity contribution in [1.29, 1.82) is 5.26 Å². The standard InChI is InChI=1S/C12H16N2/c1-8(2)12(14)11-6-9(3)4-5-10(11)7-13/h4-6,8,12H,14H2,1-3H3/t12-/m0/s1. The zero-order valence-electron chi connectivity index (χ0n) is 8.91. The van der Waals surface area contributed by atoms with Gasteiger partial charge in [0.1, 0.15) is 0 Å². The lowest BCUT2D eigenvalue weighted by molar-refractivity contribution is 0.513. The van der Waals surface area contributed by atoms with Crippen molar-refractivity contribution in [3.8, 4) is 6.07 Å². The summed E-state index contributed by atoms with van der Waals surface area (Å²) in [5, 5.41) is 8.93. The normalized spacial score (nSPS) is 12.6. The van der Waals surface area contributed by atoms with Crippen LogP contribution in [-0.2, 0) is 0 Å². The van der Waals surface area contributed by atoms with Crippen LogP contribution in [0.25, 0.3) is 0 Å². The predicted octanol–water partition coefficient (Wildman–Crippen LogP) is 2.52. The minimum Gasteiger partial charge on any atom is -0.324 e. The molecule has 0 saturated heterocycles. The Labute approximate surface area is 85.4 Å². The number of hydrogen-bond donors (Lipinski definition) is 1. The van der Waals surface area contributed by atoms with Crippen LogP contribution in [0.3, 0.4) is 0 Å². The summed E-state index contributed by atoms with van der Waals surface area (Å²) in [6, 6.07) is 7.91. The second-order valence-corrected chi connectivity index (χ2v) is 3.97. The van der Waals surface area contributed by atoms with Gasteiger partial charge in [0.15, 0.2) is 0 Å². The largest absolute Gasteiger partial charge is 0.324 e. The molecule has 1 aromatic rings. The number of rotatable bonds is 2. The molecule has 74 valence electrons. The Bertz CT molecular complexity index is 361. The van der Waals surface area contributed by atoms with Gasteiger partial charge in [-0.15, -0.1) is 0 Å². The van der Waals surface area contributed by atoms with Crippen LogP contribution in [0, 0.1) is 24.2 Å². The molecule has 0 heterocycles. The third-order valence-electron chi connectivity index (χ3n) is 2.40. The Hall–Kier alpha value is -1.33. The van der Waals surface area contributed by atoms with Crippen molar-refractivity contribution in [3.05, 3.63) is 34.9 Å². The van der Waals surface area contributed by atoms with Crippen molar-refractivity contribution < 1.29 is 0 Å². The molecule has 0 radical (unpaired) electrons. The van der Waals surface area contributed by atoms with Gasteiger partial charge >= 0.3 is 0 Å². The fraction of sp³-hybridized carbons (Fsp3) is 0.417. The first-order valence-corrected chi connectivity index (χ1v) is 4.82. The maximum Gasteiger partial charge on any atom is 0.0995 e. The first-order valence-electron chi connectivity index (χ1n) is 4.82. The van der Waals surface area contributed by atoms with Gasteiger partial charge in [0.25, 0.3) is 0 Å².